The van der Waals surface area contributed by atoms with Gasteiger partial charge in [-0.15, -0.1) is 0 Å². The molecule has 0 fully saturated rings. The average Bonchev–Trinajstić information content (AvgIpc) is 3.16. The first-order valence-electron chi connectivity index (χ1n) is 9.00. The Balaban J connectivity index is 1.84. The minimum atomic E-state index is 0.305. The third kappa shape index (κ3) is 2.63. The third-order valence-electron chi connectivity index (χ3n) is 4.98. The van der Waals surface area contributed by atoms with E-state index in [9.17, 15) is 0 Å². The van der Waals surface area contributed by atoms with Crippen LogP contribution >= 0.6 is 0 Å². The first-order chi connectivity index (χ1) is 12.7. The molecule has 5 heteroatoms. The van der Waals surface area contributed by atoms with Gasteiger partial charge in [0.1, 0.15) is 0 Å². The Morgan fingerprint density at radius 3 is 2.65 bits per heavy atom. The molecular weight excluding hydrogens is 389 g/mol. The molecule has 1 aliphatic rings. The normalized spacial score (nSPS) is 15.1. The number of aromatic nitrogens is 2. The van der Waals surface area contributed by atoms with E-state index in [1.54, 1.807) is 7.11 Å². The first kappa shape index (κ1) is 17.2. The van der Waals surface area contributed by atoms with Crippen molar-refractivity contribution in [3.8, 4) is 5.75 Å². The zero-order valence-corrected chi connectivity index (χ0v) is 17.4. The summed E-state index contributed by atoms with van der Waals surface area (Å²) in [5.41, 5.74) is 3.85. The summed E-state index contributed by atoms with van der Waals surface area (Å²) in [6.07, 6.45) is 2.37. The van der Waals surface area contributed by atoms with Gasteiger partial charge in [-0.3, -0.25) is 0 Å². The van der Waals surface area contributed by atoms with Crippen molar-refractivity contribution in [2.24, 2.45) is 7.05 Å². The molecule has 3 aromatic rings. The van der Waals surface area contributed by atoms with Crippen LogP contribution in [0.3, 0.4) is 0 Å². The molecule has 4 rings (SSSR count). The van der Waals surface area contributed by atoms with E-state index in [4.69, 9.17) is 4.74 Å². The Labute approximate surface area is 160 Å². The molecule has 0 spiro atoms. The van der Waals surface area contributed by atoms with E-state index < -0.39 is 0 Å². The third-order valence-corrected chi connectivity index (χ3v) is 7.31. The number of hydrogen-bond donors (Lipinski definition) is 0. The number of benzene rings is 2. The van der Waals surface area contributed by atoms with Crippen LogP contribution in [0.5, 0.6) is 5.75 Å². The molecule has 2 aromatic carbocycles. The van der Waals surface area contributed by atoms with Gasteiger partial charge in [0.2, 0.25) is 0 Å². The second-order valence-corrected chi connectivity index (χ2v) is 8.54. The standard InChI is InChI=1S/C21H24N3OSe/c1-5-23-17-10-8-7-9-16(17)22(3)20(23)14-21-24(6-2)18-13-15(25-4)11-12-19(18)26-21/h7-14H,5-6H2,1-4H3/q+1. The molecule has 4 nitrogen and oxygen atoms in total. The molecule has 26 heavy (non-hydrogen) atoms. The molecule has 0 radical (unpaired) electrons. The Morgan fingerprint density at radius 2 is 1.92 bits per heavy atom. The van der Waals surface area contributed by atoms with Crippen LogP contribution in [-0.4, -0.2) is 33.2 Å². The molecule has 0 amide bonds. The van der Waals surface area contributed by atoms with Crippen molar-refractivity contribution in [1.82, 2.24) is 4.57 Å². The molecule has 0 unspecified atom stereocenters. The van der Waals surface area contributed by atoms with Gasteiger partial charge in [0, 0.05) is 0 Å². The van der Waals surface area contributed by atoms with Crippen molar-refractivity contribution in [1.29, 1.82) is 0 Å². The number of rotatable bonds is 4. The summed E-state index contributed by atoms with van der Waals surface area (Å²) in [6, 6.07) is 15.1. The zero-order valence-electron chi connectivity index (χ0n) is 15.7. The van der Waals surface area contributed by atoms with Gasteiger partial charge in [0.15, 0.2) is 0 Å². The molecule has 0 saturated heterocycles. The summed E-state index contributed by atoms with van der Waals surface area (Å²) in [7, 11) is 3.89. The Bertz CT molecular complexity index is 1010. The van der Waals surface area contributed by atoms with E-state index in [2.05, 4.69) is 83.5 Å². The van der Waals surface area contributed by atoms with Crippen molar-refractivity contribution in [3.63, 3.8) is 0 Å². The summed E-state index contributed by atoms with van der Waals surface area (Å²) < 4.78 is 13.0. The van der Waals surface area contributed by atoms with Gasteiger partial charge in [-0.1, -0.05) is 0 Å². The number of para-hydroxylation sites is 2. The van der Waals surface area contributed by atoms with Crippen LogP contribution in [0, 0.1) is 0 Å². The van der Waals surface area contributed by atoms with Crippen LogP contribution in [0.2, 0.25) is 0 Å². The maximum absolute atomic E-state index is 5.43. The van der Waals surface area contributed by atoms with Crippen molar-refractivity contribution in [2.75, 3.05) is 18.6 Å². The van der Waals surface area contributed by atoms with Crippen LogP contribution in [0.15, 0.2) is 47.1 Å². The van der Waals surface area contributed by atoms with Gasteiger partial charge >= 0.3 is 161 Å². The Morgan fingerprint density at radius 1 is 1.12 bits per heavy atom. The van der Waals surface area contributed by atoms with Crippen LogP contribution in [-0.2, 0) is 13.6 Å². The van der Waals surface area contributed by atoms with Crippen molar-refractivity contribution in [2.45, 2.75) is 20.4 Å². The Kier molecular flexibility index (Phi) is 4.51. The zero-order chi connectivity index (χ0) is 18.3. The van der Waals surface area contributed by atoms with E-state index in [0.29, 0.717) is 15.0 Å². The topological polar surface area (TPSA) is 21.3 Å². The average molecular weight is 413 g/mol. The summed E-state index contributed by atoms with van der Waals surface area (Å²) in [5, 5.41) is 0. The van der Waals surface area contributed by atoms with Gasteiger partial charge in [0.25, 0.3) is 0 Å². The van der Waals surface area contributed by atoms with E-state index in [1.807, 2.05) is 0 Å². The number of hydrogen-bond acceptors (Lipinski definition) is 2. The van der Waals surface area contributed by atoms with Crippen molar-refractivity contribution >= 4 is 42.2 Å². The molecule has 134 valence electrons. The SMILES string of the molecule is CCN1C(=Cc2n(CC)c3ccccc3[n+]2C)[Se]c2ccc(OC)cc21. The number of anilines is 1. The number of ether oxygens (including phenoxy) is 1. The maximum atomic E-state index is 5.43. The predicted molar refractivity (Wildman–Crippen MR) is 108 cm³/mol. The summed E-state index contributed by atoms with van der Waals surface area (Å²) >= 11 is 0.305. The first-order valence-corrected chi connectivity index (χ1v) is 10.7. The molecule has 1 aliphatic heterocycles. The predicted octanol–water partition coefficient (Wildman–Crippen LogP) is 2.66. The molecule has 1 aromatic heterocycles. The number of fused-ring (bicyclic) bond motifs is 2. The molecular formula is C21H24N3OSe+. The van der Waals surface area contributed by atoms with Gasteiger partial charge in [-0.2, -0.15) is 0 Å². The molecule has 0 bridgehead atoms. The molecule has 0 saturated carbocycles. The second kappa shape index (κ2) is 6.82. The summed E-state index contributed by atoms with van der Waals surface area (Å²) in [4.78, 5) is 2.43. The second-order valence-electron chi connectivity index (χ2n) is 6.31. The van der Waals surface area contributed by atoms with E-state index in [1.165, 1.54) is 31.6 Å². The van der Waals surface area contributed by atoms with E-state index >= 15 is 0 Å². The van der Waals surface area contributed by atoms with Crippen LogP contribution < -0.4 is 18.7 Å². The van der Waals surface area contributed by atoms with Gasteiger partial charge < -0.3 is 0 Å². The van der Waals surface area contributed by atoms with E-state index in [0.717, 1.165) is 18.8 Å². The summed E-state index contributed by atoms with van der Waals surface area (Å²) in [5.74, 6) is 2.18. The Hall–Kier alpha value is -2.23. The van der Waals surface area contributed by atoms with Crippen LogP contribution in [0.1, 0.15) is 19.7 Å². The number of imidazole rings is 1. The van der Waals surface area contributed by atoms with Gasteiger partial charge in [-0.05, 0) is 0 Å². The fourth-order valence-corrected chi connectivity index (χ4v) is 6.05. The summed E-state index contributed by atoms with van der Waals surface area (Å²) in [6.45, 7) is 6.35. The fraction of sp³-hybridized carbons (Fsp3) is 0.286. The number of nitrogens with zero attached hydrogens (tertiary/aromatic N) is 3. The molecule has 0 aliphatic carbocycles. The molecule has 0 N–H and O–H groups in total. The van der Waals surface area contributed by atoms with Gasteiger partial charge in [0.05, 0.1) is 0 Å². The van der Waals surface area contributed by atoms with Crippen LogP contribution in [0.25, 0.3) is 17.1 Å². The van der Waals surface area contributed by atoms with Gasteiger partial charge in [-0.25, -0.2) is 0 Å². The van der Waals surface area contributed by atoms with Crippen molar-refractivity contribution in [3.05, 3.63) is 52.9 Å². The molecule has 0 atom stereocenters. The molecule has 2 heterocycles. The number of methoxy groups -OCH3 is 1. The van der Waals surface area contributed by atoms with Crippen LogP contribution in [0.4, 0.5) is 5.69 Å². The monoisotopic (exact) mass is 414 g/mol. The van der Waals surface area contributed by atoms with E-state index in [-0.39, 0.29) is 0 Å². The number of aryl methyl sites for hydroxylation is 2. The fourth-order valence-electron chi connectivity index (χ4n) is 3.66. The minimum absolute atomic E-state index is 0.305. The van der Waals surface area contributed by atoms with Crippen molar-refractivity contribution < 1.29 is 9.30 Å². The quantitative estimate of drug-likeness (QED) is 0.485.